The van der Waals surface area contributed by atoms with E-state index in [-0.39, 0.29) is 6.09 Å². The topological polar surface area (TPSA) is 38.8 Å². The van der Waals surface area contributed by atoms with Gasteiger partial charge < -0.3 is 14.4 Å². The van der Waals surface area contributed by atoms with Crippen LogP contribution in [0, 0.1) is 0 Å². The van der Waals surface area contributed by atoms with Crippen molar-refractivity contribution in [1.29, 1.82) is 0 Å². The highest BCUT2D eigenvalue weighted by Crippen LogP contribution is 2.28. The third-order valence-electron chi connectivity index (χ3n) is 3.85. The van der Waals surface area contributed by atoms with Crippen LogP contribution >= 0.6 is 11.6 Å². The first-order valence-corrected chi connectivity index (χ1v) is 9.26. The minimum atomic E-state index is -0.453. The molecule has 1 heterocycles. The van der Waals surface area contributed by atoms with E-state index in [1.807, 2.05) is 39.0 Å². The molecule has 0 spiro atoms. The standard InChI is InChI=1S/C20H28ClNO3/c1-5-12-24-18-14-16(6-7-17(18)21)13-15-8-10-22(11-9-15)19(23)25-20(2,3)4/h6-7,13-14H,5,8-12H2,1-4H3. The summed E-state index contributed by atoms with van der Waals surface area (Å²) in [7, 11) is 0. The van der Waals surface area contributed by atoms with Crippen LogP contribution in [0.4, 0.5) is 4.79 Å². The molecular formula is C20H28ClNO3. The zero-order chi connectivity index (χ0) is 18.4. The monoisotopic (exact) mass is 365 g/mol. The molecule has 1 fully saturated rings. The second-order valence-corrected chi connectivity index (χ2v) is 7.72. The molecule has 1 aliphatic rings. The van der Waals surface area contributed by atoms with E-state index in [2.05, 4.69) is 13.0 Å². The van der Waals surface area contributed by atoms with Gasteiger partial charge in [-0.05, 0) is 57.7 Å². The van der Waals surface area contributed by atoms with Crippen LogP contribution in [0.1, 0.15) is 52.5 Å². The highest BCUT2D eigenvalue weighted by molar-refractivity contribution is 6.32. The van der Waals surface area contributed by atoms with Crippen LogP contribution in [0.2, 0.25) is 5.02 Å². The minimum absolute atomic E-state index is 0.228. The van der Waals surface area contributed by atoms with E-state index in [0.29, 0.717) is 24.7 Å². The van der Waals surface area contributed by atoms with Gasteiger partial charge in [-0.2, -0.15) is 0 Å². The molecule has 4 nitrogen and oxygen atoms in total. The smallest absolute Gasteiger partial charge is 0.410 e. The zero-order valence-electron chi connectivity index (χ0n) is 15.6. The summed E-state index contributed by atoms with van der Waals surface area (Å²) >= 11 is 6.18. The summed E-state index contributed by atoms with van der Waals surface area (Å²) in [6.07, 6.45) is 4.59. The van der Waals surface area contributed by atoms with E-state index < -0.39 is 5.60 Å². The van der Waals surface area contributed by atoms with Crippen LogP contribution < -0.4 is 4.74 Å². The second kappa shape index (κ2) is 8.61. The summed E-state index contributed by atoms with van der Waals surface area (Å²) in [6.45, 7) is 9.76. The molecule has 0 radical (unpaired) electrons. The van der Waals surface area contributed by atoms with Crippen molar-refractivity contribution >= 4 is 23.8 Å². The van der Waals surface area contributed by atoms with Gasteiger partial charge in [-0.15, -0.1) is 0 Å². The van der Waals surface area contributed by atoms with E-state index in [9.17, 15) is 4.79 Å². The quantitative estimate of drug-likeness (QED) is 0.702. The number of piperidine rings is 1. The van der Waals surface area contributed by atoms with Gasteiger partial charge in [-0.3, -0.25) is 0 Å². The Morgan fingerprint density at radius 2 is 1.96 bits per heavy atom. The van der Waals surface area contributed by atoms with E-state index in [1.54, 1.807) is 4.90 Å². The van der Waals surface area contributed by atoms with Crippen molar-refractivity contribution in [3.8, 4) is 5.75 Å². The number of hydrogen-bond acceptors (Lipinski definition) is 3. The molecule has 1 amide bonds. The highest BCUT2D eigenvalue weighted by Gasteiger charge is 2.24. The lowest BCUT2D eigenvalue weighted by atomic mass is 10.0. The molecule has 2 rings (SSSR count). The molecular weight excluding hydrogens is 338 g/mol. The van der Waals surface area contributed by atoms with Crippen LogP contribution in [0.5, 0.6) is 5.75 Å². The van der Waals surface area contributed by atoms with Gasteiger partial charge in [0.05, 0.1) is 11.6 Å². The van der Waals surface area contributed by atoms with E-state index in [4.69, 9.17) is 21.1 Å². The highest BCUT2D eigenvalue weighted by atomic mass is 35.5. The molecule has 0 N–H and O–H groups in total. The number of nitrogens with zero attached hydrogens (tertiary/aromatic N) is 1. The summed E-state index contributed by atoms with van der Waals surface area (Å²) in [5.74, 6) is 0.726. The van der Waals surface area contributed by atoms with Gasteiger partial charge in [0.2, 0.25) is 0 Å². The van der Waals surface area contributed by atoms with Crippen LogP contribution in [0.3, 0.4) is 0 Å². The number of ether oxygens (including phenoxy) is 2. The van der Waals surface area contributed by atoms with Crippen LogP contribution in [0.15, 0.2) is 23.8 Å². The van der Waals surface area contributed by atoms with Gasteiger partial charge in [-0.25, -0.2) is 4.79 Å². The van der Waals surface area contributed by atoms with Gasteiger partial charge in [0.15, 0.2) is 0 Å². The van der Waals surface area contributed by atoms with Crippen molar-refractivity contribution in [2.45, 2.75) is 52.6 Å². The number of halogens is 1. The minimum Gasteiger partial charge on any atom is -0.492 e. The average Bonchev–Trinajstić information content (AvgIpc) is 2.54. The number of rotatable bonds is 4. The summed E-state index contributed by atoms with van der Waals surface area (Å²) in [6, 6.07) is 5.84. The molecule has 0 saturated carbocycles. The first-order chi connectivity index (χ1) is 11.8. The molecule has 0 bridgehead atoms. The van der Waals surface area contributed by atoms with Gasteiger partial charge in [0, 0.05) is 13.1 Å². The lowest BCUT2D eigenvalue weighted by Gasteiger charge is -2.31. The fourth-order valence-electron chi connectivity index (χ4n) is 2.62. The van der Waals surface area contributed by atoms with E-state index in [1.165, 1.54) is 5.57 Å². The van der Waals surface area contributed by atoms with Gasteiger partial charge in [-0.1, -0.05) is 36.2 Å². The van der Waals surface area contributed by atoms with Crippen molar-refractivity contribution < 1.29 is 14.3 Å². The molecule has 5 heteroatoms. The Morgan fingerprint density at radius 1 is 1.28 bits per heavy atom. The Labute approximate surface area is 155 Å². The molecule has 25 heavy (non-hydrogen) atoms. The summed E-state index contributed by atoms with van der Waals surface area (Å²) < 4.78 is 11.1. The summed E-state index contributed by atoms with van der Waals surface area (Å²) in [4.78, 5) is 13.9. The fourth-order valence-corrected chi connectivity index (χ4v) is 2.79. The van der Waals surface area contributed by atoms with Crippen LogP contribution in [0.25, 0.3) is 6.08 Å². The van der Waals surface area contributed by atoms with Crippen LogP contribution in [-0.4, -0.2) is 36.3 Å². The maximum Gasteiger partial charge on any atom is 0.410 e. The van der Waals surface area contributed by atoms with Crippen molar-refractivity contribution in [1.82, 2.24) is 4.90 Å². The number of benzene rings is 1. The molecule has 1 aromatic carbocycles. The average molecular weight is 366 g/mol. The van der Waals surface area contributed by atoms with Gasteiger partial charge in [0.25, 0.3) is 0 Å². The molecule has 1 aliphatic heterocycles. The summed E-state index contributed by atoms with van der Waals surface area (Å²) in [5, 5.41) is 0.635. The molecule has 0 atom stereocenters. The molecule has 0 unspecified atom stereocenters. The van der Waals surface area contributed by atoms with Crippen LogP contribution in [-0.2, 0) is 4.74 Å². The number of carbonyl (C=O) groups is 1. The number of likely N-dealkylation sites (tertiary alicyclic amines) is 1. The SMILES string of the molecule is CCCOc1cc(C=C2CCN(C(=O)OC(C)(C)C)CC2)ccc1Cl. The third kappa shape index (κ3) is 6.28. The lowest BCUT2D eigenvalue weighted by Crippen LogP contribution is -2.40. The Bertz CT molecular complexity index is 624. The molecule has 0 aromatic heterocycles. The zero-order valence-corrected chi connectivity index (χ0v) is 16.4. The maximum absolute atomic E-state index is 12.1. The second-order valence-electron chi connectivity index (χ2n) is 7.31. The van der Waals surface area contributed by atoms with Gasteiger partial charge >= 0.3 is 6.09 Å². The largest absolute Gasteiger partial charge is 0.492 e. The number of hydrogen-bond donors (Lipinski definition) is 0. The predicted molar refractivity (Wildman–Crippen MR) is 102 cm³/mol. The molecule has 0 aliphatic carbocycles. The molecule has 138 valence electrons. The Kier molecular flexibility index (Phi) is 6.77. The Balaban J connectivity index is 1.97. The van der Waals surface area contributed by atoms with Crippen molar-refractivity contribution in [3.05, 3.63) is 34.4 Å². The molecule has 1 aromatic rings. The fraction of sp³-hybridized carbons (Fsp3) is 0.550. The molecule has 1 saturated heterocycles. The van der Waals surface area contributed by atoms with E-state index in [0.717, 1.165) is 30.6 Å². The lowest BCUT2D eigenvalue weighted by molar-refractivity contribution is 0.0237. The van der Waals surface area contributed by atoms with E-state index >= 15 is 0 Å². The number of amides is 1. The maximum atomic E-state index is 12.1. The number of carbonyl (C=O) groups excluding carboxylic acids is 1. The van der Waals surface area contributed by atoms with Crippen molar-refractivity contribution in [2.75, 3.05) is 19.7 Å². The summed E-state index contributed by atoms with van der Waals surface area (Å²) in [5.41, 5.74) is 1.95. The Morgan fingerprint density at radius 3 is 2.56 bits per heavy atom. The van der Waals surface area contributed by atoms with Gasteiger partial charge in [0.1, 0.15) is 11.4 Å². The first kappa shape index (κ1) is 19.6. The third-order valence-corrected chi connectivity index (χ3v) is 4.16. The van der Waals surface area contributed by atoms with Crippen molar-refractivity contribution in [2.24, 2.45) is 0 Å². The Hall–Kier alpha value is -1.68. The van der Waals surface area contributed by atoms with Crippen molar-refractivity contribution in [3.63, 3.8) is 0 Å². The normalized spacial score (nSPS) is 15.1. The first-order valence-electron chi connectivity index (χ1n) is 8.88. The predicted octanol–water partition coefficient (Wildman–Crippen LogP) is 5.54.